The minimum atomic E-state index is 0. The zero-order chi connectivity index (χ0) is 15.8. The van der Waals surface area contributed by atoms with E-state index >= 15 is 0 Å². The van der Waals surface area contributed by atoms with Crippen LogP contribution in [0.1, 0.15) is 25.3 Å². The van der Waals surface area contributed by atoms with Crippen molar-refractivity contribution in [2.45, 2.75) is 19.8 Å². The first-order chi connectivity index (χ1) is 11.2. The van der Waals surface area contributed by atoms with Gasteiger partial charge in [-0.2, -0.15) is 0 Å². The van der Waals surface area contributed by atoms with Crippen LogP contribution in [0.4, 0.5) is 0 Å². The molecule has 0 fully saturated rings. The molecule has 1 aromatic heterocycles. The molecule has 0 aliphatic heterocycles. The quantitative estimate of drug-likeness (QED) is 0.250. The summed E-state index contributed by atoms with van der Waals surface area (Å²) in [4.78, 5) is 4.53. The van der Waals surface area contributed by atoms with Crippen LogP contribution in [-0.4, -0.2) is 4.98 Å². The largest absolute Gasteiger partial charge is 0.305 e. The zero-order valence-electron chi connectivity index (χ0n) is 13.7. The summed E-state index contributed by atoms with van der Waals surface area (Å²) in [5.41, 5.74) is 3.35. The van der Waals surface area contributed by atoms with E-state index in [1.165, 1.54) is 27.1 Å². The predicted molar refractivity (Wildman–Crippen MR) is 97.6 cm³/mol. The number of benzene rings is 3. The summed E-state index contributed by atoms with van der Waals surface area (Å²) in [5.74, 6) is 0.501. The summed E-state index contributed by atoms with van der Waals surface area (Å²) in [6, 6.07) is 24.8. The van der Waals surface area contributed by atoms with Crippen LogP contribution in [0, 0.1) is 6.07 Å². The van der Waals surface area contributed by atoms with Crippen molar-refractivity contribution in [3.8, 4) is 11.3 Å². The van der Waals surface area contributed by atoms with Crippen LogP contribution in [0.25, 0.3) is 32.8 Å². The number of aromatic nitrogens is 1. The van der Waals surface area contributed by atoms with Gasteiger partial charge in [0.05, 0.1) is 0 Å². The van der Waals surface area contributed by atoms with E-state index in [-0.39, 0.29) is 20.1 Å². The van der Waals surface area contributed by atoms with Crippen LogP contribution >= 0.6 is 0 Å². The molecule has 4 rings (SSSR count). The van der Waals surface area contributed by atoms with E-state index < -0.39 is 0 Å². The Morgan fingerprint density at radius 2 is 1.67 bits per heavy atom. The van der Waals surface area contributed by atoms with Crippen molar-refractivity contribution in [3.05, 3.63) is 78.5 Å². The van der Waals surface area contributed by atoms with Gasteiger partial charge in [0.15, 0.2) is 0 Å². The normalized spacial score (nSPS) is 11.0. The summed E-state index contributed by atoms with van der Waals surface area (Å²) in [7, 11) is 0. The molecule has 4 aromatic rings. The maximum Gasteiger partial charge on any atom is 0.0163 e. The fourth-order valence-electron chi connectivity index (χ4n) is 3.05. The van der Waals surface area contributed by atoms with Gasteiger partial charge in [0.1, 0.15) is 0 Å². The van der Waals surface area contributed by atoms with Crippen molar-refractivity contribution < 1.29 is 20.1 Å². The third-order valence-corrected chi connectivity index (χ3v) is 4.40. The van der Waals surface area contributed by atoms with Crippen molar-refractivity contribution >= 4 is 21.5 Å². The molecule has 121 valence electrons. The molecule has 0 spiro atoms. The Kier molecular flexibility index (Phi) is 4.80. The maximum atomic E-state index is 4.53. The van der Waals surface area contributed by atoms with Crippen molar-refractivity contribution in [3.63, 3.8) is 0 Å². The predicted octanol–water partition coefficient (Wildman–Crippen LogP) is 5.98. The second-order valence-corrected chi connectivity index (χ2v) is 6.27. The molecular weight excluding hydrogens is 470 g/mol. The molecule has 0 aliphatic carbocycles. The van der Waals surface area contributed by atoms with Crippen LogP contribution in [0.15, 0.2) is 66.9 Å². The first kappa shape index (κ1) is 16.8. The summed E-state index contributed by atoms with van der Waals surface area (Å²) in [6.07, 6.45) is 1.89. The second-order valence-electron chi connectivity index (χ2n) is 6.27. The number of hydrogen-bond donors (Lipinski definition) is 0. The minimum Gasteiger partial charge on any atom is -0.305 e. The molecule has 1 nitrogen and oxygen atoms in total. The molecule has 3 aromatic carbocycles. The second kappa shape index (κ2) is 6.84. The van der Waals surface area contributed by atoms with Crippen LogP contribution in [0.5, 0.6) is 0 Å². The van der Waals surface area contributed by atoms with Gasteiger partial charge < -0.3 is 4.98 Å². The van der Waals surface area contributed by atoms with E-state index in [2.05, 4.69) is 85.6 Å². The standard InChI is InChI=1S/C22H18N.Ir/c1-15(2)17-11-12-23-22(14-17)19-9-10-21-18(13-19)8-7-16-5-3-4-6-20(16)21;/h3-8,10-15H,1-2H3;/q-1;. The first-order valence-electron chi connectivity index (χ1n) is 8.02. The van der Waals surface area contributed by atoms with Gasteiger partial charge in [-0.25, -0.2) is 0 Å². The van der Waals surface area contributed by atoms with Crippen molar-refractivity contribution in [2.24, 2.45) is 0 Å². The molecule has 1 heterocycles. The smallest absolute Gasteiger partial charge is 0.0163 e. The molecule has 1 radical (unpaired) electrons. The molecule has 0 amide bonds. The summed E-state index contributed by atoms with van der Waals surface area (Å²) >= 11 is 0. The molecule has 0 atom stereocenters. The molecule has 0 bridgehead atoms. The Balaban J connectivity index is 0.00000169. The van der Waals surface area contributed by atoms with Crippen LogP contribution in [0.2, 0.25) is 0 Å². The molecule has 0 saturated carbocycles. The van der Waals surface area contributed by atoms with Crippen molar-refractivity contribution in [2.75, 3.05) is 0 Å². The van der Waals surface area contributed by atoms with Gasteiger partial charge in [-0.15, -0.1) is 29.1 Å². The van der Waals surface area contributed by atoms with Crippen molar-refractivity contribution in [1.82, 2.24) is 4.98 Å². The average Bonchev–Trinajstić information content (AvgIpc) is 2.61. The van der Waals surface area contributed by atoms with Gasteiger partial charge in [-0.05, 0) is 23.1 Å². The topological polar surface area (TPSA) is 12.9 Å². The van der Waals surface area contributed by atoms with Gasteiger partial charge in [0, 0.05) is 26.3 Å². The SMILES string of the molecule is CC(C)c1ccnc(-c2[c-]cc3c(ccc4ccccc43)c2)c1.[Ir]. The Hall–Kier alpha value is -2.02. The van der Waals surface area contributed by atoms with Crippen molar-refractivity contribution in [1.29, 1.82) is 0 Å². The van der Waals surface area contributed by atoms with Crippen LogP contribution in [-0.2, 0) is 20.1 Å². The number of nitrogens with zero attached hydrogens (tertiary/aromatic N) is 1. The van der Waals surface area contributed by atoms with Gasteiger partial charge >= 0.3 is 0 Å². The van der Waals surface area contributed by atoms with Gasteiger partial charge in [0.25, 0.3) is 0 Å². The number of fused-ring (bicyclic) bond motifs is 3. The average molecular weight is 489 g/mol. The van der Waals surface area contributed by atoms with E-state index in [9.17, 15) is 0 Å². The van der Waals surface area contributed by atoms with E-state index in [1.54, 1.807) is 0 Å². The number of rotatable bonds is 2. The molecule has 0 saturated heterocycles. The van der Waals surface area contributed by atoms with Gasteiger partial charge in [-0.1, -0.05) is 72.6 Å². The fraction of sp³-hybridized carbons (Fsp3) is 0.136. The summed E-state index contributed by atoms with van der Waals surface area (Å²) < 4.78 is 0. The Bertz CT molecular complexity index is 1000. The number of hydrogen-bond acceptors (Lipinski definition) is 1. The molecule has 24 heavy (non-hydrogen) atoms. The van der Waals surface area contributed by atoms with E-state index in [4.69, 9.17) is 0 Å². The molecule has 2 heteroatoms. The Morgan fingerprint density at radius 3 is 2.50 bits per heavy atom. The summed E-state index contributed by atoms with van der Waals surface area (Å²) in [5, 5.41) is 5.01. The molecule has 0 N–H and O–H groups in total. The maximum absolute atomic E-state index is 4.53. The van der Waals surface area contributed by atoms with Gasteiger partial charge in [0.2, 0.25) is 0 Å². The first-order valence-corrected chi connectivity index (χ1v) is 8.02. The van der Waals surface area contributed by atoms with E-state index in [1.807, 2.05) is 6.20 Å². The third kappa shape index (κ3) is 3.00. The molecule has 0 unspecified atom stereocenters. The molecule has 0 aliphatic rings. The van der Waals surface area contributed by atoms with Crippen LogP contribution < -0.4 is 0 Å². The zero-order valence-corrected chi connectivity index (χ0v) is 16.1. The Labute approximate surface area is 156 Å². The third-order valence-electron chi connectivity index (χ3n) is 4.40. The van der Waals surface area contributed by atoms with E-state index in [0.29, 0.717) is 5.92 Å². The summed E-state index contributed by atoms with van der Waals surface area (Å²) in [6.45, 7) is 4.41. The van der Waals surface area contributed by atoms with Crippen LogP contribution in [0.3, 0.4) is 0 Å². The number of pyridine rings is 1. The van der Waals surface area contributed by atoms with E-state index in [0.717, 1.165) is 11.3 Å². The Morgan fingerprint density at radius 1 is 0.875 bits per heavy atom. The van der Waals surface area contributed by atoms with Gasteiger partial charge in [-0.3, -0.25) is 0 Å². The fourth-order valence-corrected chi connectivity index (χ4v) is 3.05. The monoisotopic (exact) mass is 489 g/mol. The molecular formula is C22H18IrN-. The minimum absolute atomic E-state index is 0.